The van der Waals surface area contributed by atoms with Crippen molar-refractivity contribution in [3.63, 3.8) is 0 Å². The average molecular weight is 207 g/mol. The maximum atomic E-state index is 5.50. The molecule has 2 N–H and O–H groups in total. The van der Waals surface area contributed by atoms with Gasteiger partial charge in [0, 0.05) is 25.0 Å². The van der Waals surface area contributed by atoms with E-state index in [9.17, 15) is 0 Å². The Morgan fingerprint density at radius 3 is 2.67 bits per heavy atom. The van der Waals surface area contributed by atoms with E-state index >= 15 is 0 Å². The Morgan fingerprint density at radius 1 is 1.40 bits per heavy atom. The second-order valence-corrected chi connectivity index (χ2v) is 4.05. The average Bonchev–Trinajstić information content (AvgIpc) is 2.27. The maximum Gasteiger partial charge on any atom is 0.0271 e. The normalized spacial score (nSPS) is 13.1. The molecule has 0 spiro atoms. The highest BCUT2D eigenvalue weighted by molar-refractivity contribution is 5.09. The summed E-state index contributed by atoms with van der Waals surface area (Å²) in [6, 6.07) is 4.71. The van der Waals surface area contributed by atoms with E-state index in [0.717, 1.165) is 25.9 Å². The molecule has 84 valence electrons. The van der Waals surface area contributed by atoms with Gasteiger partial charge in [0.2, 0.25) is 0 Å². The third-order valence-electron chi connectivity index (χ3n) is 2.76. The number of nitrogens with two attached hydrogens (primary N) is 1. The first-order chi connectivity index (χ1) is 7.24. The summed E-state index contributed by atoms with van der Waals surface area (Å²) in [5, 5.41) is 0. The van der Waals surface area contributed by atoms with Crippen LogP contribution >= 0.6 is 0 Å². The molecule has 3 nitrogen and oxygen atoms in total. The number of nitrogens with zero attached hydrogens (tertiary/aromatic N) is 2. The SMILES string of the molecule is CC(CCCN)N(C)Cc1ccncc1. The molecule has 0 saturated carbocycles. The Hall–Kier alpha value is -0.930. The Kier molecular flexibility index (Phi) is 5.29. The number of pyridine rings is 1. The molecular weight excluding hydrogens is 186 g/mol. The van der Waals surface area contributed by atoms with Gasteiger partial charge < -0.3 is 5.73 Å². The van der Waals surface area contributed by atoms with E-state index in [1.54, 1.807) is 0 Å². The second-order valence-electron chi connectivity index (χ2n) is 4.05. The van der Waals surface area contributed by atoms with Crippen LogP contribution in [0.4, 0.5) is 0 Å². The van der Waals surface area contributed by atoms with Crippen molar-refractivity contribution in [2.45, 2.75) is 32.4 Å². The zero-order valence-corrected chi connectivity index (χ0v) is 9.69. The van der Waals surface area contributed by atoms with Gasteiger partial charge in [-0.25, -0.2) is 0 Å². The van der Waals surface area contributed by atoms with Gasteiger partial charge in [0.25, 0.3) is 0 Å². The zero-order chi connectivity index (χ0) is 11.1. The zero-order valence-electron chi connectivity index (χ0n) is 9.69. The minimum Gasteiger partial charge on any atom is -0.330 e. The van der Waals surface area contributed by atoms with E-state index < -0.39 is 0 Å². The van der Waals surface area contributed by atoms with Crippen molar-refractivity contribution in [1.82, 2.24) is 9.88 Å². The second kappa shape index (κ2) is 6.53. The van der Waals surface area contributed by atoms with Crippen LogP contribution in [0.15, 0.2) is 24.5 Å². The molecule has 15 heavy (non-hydrogen) atoms. The smallest absolute Gasteiger partial charge is 0.0271 e. The lowest BCUT2D eigenvalue weighted by molar-refractivity contribution is 0.235. The Labute approximate surface area is 92.3 Å². The molecule has 0 amide bonds. The highest BCUT2D eigenvalue weighted by Gasteiger charge is 2.08. The lowest BCUT2D eigenvalue weighted by Gasteiger charge is -2.24. The van der Waals surface area contributed by atoms with Crippen LogP contribution < -0.4 is 5.73 Å². The van der Waals surface area contributed by atoms with Gasteiger partial charge >= 0.3 is 0 Å². The molecule has 1 aromatic rings. The van der Waals surface area contributed by atoms with Crippen molar-refractivity contribution in [2.24, 2.45) is 5.73 Å². The first kappa shape index (κ1) is 12.1. The molecule has 1 aromatic heterocycles. The number of rotatable bonds is 6. The van der Waals surface area contributed by atoms with Crippen molar-refractivity contribution < 1.29 is 0 Å². The van der Waals surface area contributed by atoms with Crippen LogP contribution in [0.3, 0.4) is 0 Å². The van der Waals surface area contributed by atoms with Gasteiger partial charge in [0.05, 0.1) is 0 Å². The molecule has 0 fully saturated rings. The standard InChI is InChI=1S/C12H21N3/c1-11(4-3-7-13)15(2)10-12-5-8-14-9-6-12/h5-6,8-9,11H,3-4,7,10,13H2,1-2H3. The summed E-state index contributed by atoms with van der Waals surface area (Å²) >= 11 is 0. The molecule has 1 heterocycles. The predicted molar refractivity (Wildman–Crippen MR) is 63.5 cm³/mol. The van der Waals surface area contributed by atoms with E-state index in [1.807, 2.05) is 12.4 Å². The van der Waals surface area contributed by atoms with Crippen LogP contribution in [0.5, 0.6) is 0 Å². The Morgan fingerprint density at radius 2 is 2.07 bits per heavy atom. The van der Waals surface area contributed by atoms with Crippen molar-refractivity contribution in [1.29, 1.82) is 0 Å². The number of hydrogen-bond acceptors (Lipinski definition) is 3. The monoisotopic (exact) mass is 207 g/mol. The van der Waals surface area contributed by atoms with Gasteiger partial charge in [0.1, 0.15) is 0 Å². The molecule has 0 aliphatic heterocycles. The highest BCUT2D eigenvalue weighted by atomic mass is 15.1. The summed E-state index contributed by atoms with van der Waals surface area (Å²) in [6.45, 7) is 4.01. The van der Waals surface area contributed by atoms with Crippen LogP contribution in [-0.4, -0.2) is 29.5 Å². The van der Waals surface area contributed by atoms with Gasteiger partial charge in [-0.2, -0.15) is 0 Å². The van der Waals surface area contributed by atoms with E-state index in [4.69, 9.17) is 5.73 Å². The fourth-order valence-electron chi connectivity index (χ4n) is 1.57. The fourth-order valence-corrected chi connectivity index (χ4v) is 1.57. The summed E-state index contributed by atoms with van der Waals surface area (Å²) in [6.07, 6.45) is 5.95. The van der Waals surface area contributed by atoms with Gasteiger partial charge in [-0.3, -0.25) is 9.88 Å². The van der Waals surface area contributed by atoms with Gasteiger partial charge in [-0.15, -0.1) is 0 Å². The molecule has 1 rings (SSSR count). The minimum atomic E-state index is 0.585. The molecule has 3 heteroatoms. The number of aromatic nitrogens is 1. The number of hydrogen-bond donors (Lipinski definition) is 1. The van der Waals surface area contributed by atoms with Crippen LogP contribution in [0.25, 0.3) is 0 Å². The largest absolute Gasteiger partial charge is 0.330 e. The van der Waals surface area contributed by atoms with Crippen LogP contribution in [0.2, 0.25) is 0 Å². The summed E-state index contributed by atoms with van der Waals surface area (Å²) < 4.78 is 0. The van der Waals surface area contributed by atoms with Crippen molar-refractivity contribution in [3.8, 4) is 0 Å². The van der Waals surface area contributed by atoms with E-state index in [2.05, 4.69) is 36.0 Å². The first-order valence-electron chi connectivity index (χ1n) is 5.53. The molecule has 1 atom stereocenters. The maximum absolute atomic E-state index is 5.50. The molecular formula is C12H21N3. The topological polar surface area (TPSA) is 42.1 Å². The van der Waals surface area contributed by atoms with Crippen LogP contribution in [-0.2, 0) is 6.54 Å². The third-order valence-corrected chi connectivity index (χ3v) is 2.76. The Balaban J connectivity index is 2.38. The van der Waals surface area contributed by atoms with Crippen LogP contribution in [0, 0.1) is 0 Å². The van der Waals surface area contributed by atoms with Crippen LogP contribution in [0.1, 0.15) is 25.3 Å². The van der Waals surface area contributed by atoms with Crippen molar-refractivity contribution in [2.75, 3.05) is 13.6 Å². The molecule has 0 bridgehead atoms. The molecule has 0 aliphatic carbocycles. The van der Waals surface area contributed by atoms with Crippen molar-refractivity contribution >= 4 is 0 Å². The van der Waals surface area contributed by atoms with Crippen molar-refractivity contribution in [3.05, 3.63) is 30.1 Å². The molecule has 0 aromatic carbocycles. The van der Waals surface area contributed by atoms with E-state index in [0.29, 0.717) is 6.04 Å². The lowest BCUT2D eigenvalue weighted by Crippen LogP contribution is -2.29. The van der Waals surface area contributed by atoms with E-state index in [1.165, 1.54) is 5.56 Å². The summed E-state index contributed by atoms with van der Waals surface area (Å²) in [5.41, 5.74) is 6.81. The van der Waals surface area contributed by atoms with Gasteiger partial charge in [-0.1, -0.05) is 0 Å². The minimum absolute atomic E-state index is 0.585. The molecule has 0 aliphatic rings. The predicted octanol–water partition coefficient (Wildman–Crippen LogP) is 1.64. The first-order valence-corrected chi connectivity index (χ1v) is 5.53. The quantitative estimate of drug-likeness (QED) is 0.771. The molecule has 0 saturated heterocycles. The molecule has 1 unspecified atom stereocenters. The third kappa shape index (κ3) is 4.40. The summed E-state index contributed by atoms with van der Waals surface area (Å²) in [4.78, 5) is 6.36. The summed E-state index contributed by atoms with van der Waals surface area (Å²) in [7, 11) is 2.15. The fraction of sp³-hybridized carbons (Fsp3) is 0.583. The molecule has 0 radical (unpaired) electrons. The highest BCUT2D eigenvalue weighted by Crippen LogP contribution is 2.08. The van der Waals surface area contributed by atoms with Gasteiger partial charge in [-0.05, 0) is 51.1 Å². The summed E-state index contributed by atoms with van der Waals surface area (Å²) in [5.74, 6) is 0. The lowest BCUT2D eigenvalue weighted by atomic mass is 10.1. The van der Waals surface area contributed by atoms with E-state index in [-0.39, 0.29) is 0 Å². The van der Waals surface area contributed by atoms with Gasteiger partial charge in [0.15, 0.2) is 0 Å². The Bertz CT molecular complexity index is 261.